The Hall–Kier alpha value is -1.64. The summed E-state index contributed by atoms with van der Waals surface area (Å²) in [6.45, 7) is 9.78. The molecule has 1 aromatic carbocycles. The predicted molar refractivity (Wildman–Crippen MR) is 206 cm³/mol. The fourth-order valence-corrected chi connectivity index (χ4v) is 5.98. The third-order valence-corrected chi connectivity index (χ3v) is 9.32. The van der Waals surface area contributed by atoms with Gasteiger partial charge in [0, 0.05) is 26.1 Å². The minimum absolute atomic E-state index is 0.0857. The highest BCUT2D eigenvalue weighted by molar-refractivity contribution is 5.84. The predicted octanol–water partition coefficient (Wildman–Crippen LogP) is 11.6. The molecular weight excluding hydrogens is 637 g/mol. The van der Waals surface area contributed by atoms with Crippen LogP contribution in [0.4, 0.5) is 13.2 Å². The summed E-state index contributed by atoms with van der Waals surface area (Å²) in [4.78, 5) is 15.6. The minimum atomic E-state index is -4.75. The normalized spacial score (nSPS) is 11.6. The molecule has 5 nitrogen and oxygen atoms in total. The van der Waals surface area contributed by atoms with Gasteiger partial charge in [0.2, 0.25) is 5.78 Å². The Morgan fingerprint density at radius 1 is 0.600 bits per heavy atom. The molecule has 0 aliphatic carbocycles. The number of aliphatic hydroxyl groups excluding tert-OH is 1. The van der Waals surface area contributed by atoms with Crippen LogP contribution in [-0.2, 0) is 11.2 Å². The van der Waals surface area contributed by atoms with Crippen LogP contribution in [0.1, 0.15) is 167 Å². The molecule has 0 aliphatic rings. The summed E-state index contributed by atoms with van der Waals surface area (Å²) >= 11 is 0. The first kappa shape index (κ1) is 48.4. The van der Waals surface area contributed by atoms with E-state index in [2.05, 4.69) is 37.7 Å². The van der Waals surface area contributed by atoms with Gasteiger partial charge in [-0.15, -0.1) is 0 Å². The lowest BCUT2D eigenvalue weighted by atomic mass is 10.1. The highest BCUT2D eigenvalue weighted by Crippen LogP contribution is 2.20. The third kappa shape index (κ3) is 32.3. The Morgan fingerprint density at radius 3 is 1.38 bits per heavy atom. The molecule has 0 amide bonds. The Morgan fingerprint density at radius 2 is 0.980 bits per heavy atom. The number of hydrogen-bond donors (Lipinski definition) is 1. The van der Waals surface area contributed by atoms with E-state index < -0.39 is 18.4 Å². The molecule has 0 aliphatic heterocycles. The van der Waals surface area contributed by atoms with E-state index in [1.165, 1.54) is 135 Å². The number of rotatable bonds is 33. The summed E-state index contributed by atoms with van der Waals surface area (Å²) < 4.78 is 42.5. The third-order valence-electron chi connectivity index (χ3n) is 9.32. The standard InChI is InChI=1S/C26H42F3NO2.C16H35NO/c1-3-4-5-6-7-8-9-10-11-12-20-30(2)21-13-22-32-24-17-14-23(15-18-24)16-19-25(31)26(27,28)29;1-3-4-5-6-7-8-9-10-11-12-14-17(2)15-13-16-18/h14-15,17-18H,3-13,16,19-22H2,1-2H3;18H,3-16H2,1-2H3. The summed E-state index contributed by atoms with van der Waals surface area (Å²) in [6.07, 6.45) is 24.2. The number of hydrogen-bond acceptors (Lipinski definition) is 5. The van der Waals surface area contributed by atoms with Gasteiger partial charge < -0.3 is 19.6 Å². The Bertz CT molecular complexity index is 867. The van der Waals surface area contributed by atoms with Crippen molar-refractivity contribution in [3.05, 3.63) is 29.8 Å². The molecule has 0 saturated heterocycles. The van der Waals surface area contributed by atoms with Crippen molar-refractivity contribution >= 4 is 5.78 Å². The number of nitrogens with zero attached hydrogens (tertiary/aromatic N) is 2. The van der Waals surface area contributed by atoms with Gasteiger partial charge in [-0.3, -0.25) is 4.79 Å². The largest absolute Gasteiger partial charge is 0.494 e. The van der Waals surface area contributed by atoms with Gasteiger partial charge in [0.1, 0.15) is 5.75 Å². The molecule has 0 aromatic heterocycles. The number of halogens is 3. The van der Waals surface area contributed by atoms with Crippen LogP contribution >= 0.6 is 0 Å². The van der Waals surface area contributed by atoms with Crippen LogP contribution in [-0.4, -0.2) is 80.4 Å². The smallest absolute Gasteiger partial charge is 0.449 e. The van der Waals surface area contributed by atoms with Crippen molar-refractivity contribution in [3.63, 3.8) is 0 Å². The molecule has 0 bridgehead atoms. The van der Waals surface area contributed by atoms with Crippen molar-refractivity contribution in [1.29, 1.82) is 0 Å². The lowest BCUT2D eigenvalue weighted by Crippen LogP contribution is -2.22. The van der Waals surface area contributed by atoms with Gasteiger partial charge in [-0.25, -0.2) is 0 Å². The lowest BCUT2D eigenvalue weighted by molar-refractivity contribution is -0.171. The van der Waals surface area contributed by atoms with Crippen LogP contribution < -0.4 is 4.74 Å². The zero-order valence-corrected chi connectivity index (χ0v) is 32.8. The van der Waals surface area contributed by atoms with Crippen molar-refractivity contribution in [3.8, 4) is 5.75 Å². The number of carbonyl (C=O) groups is 1. The van der Waals surface area contributed by atoms with Crippen molar-refractivity contribution in [2.45, 2.75) is 174 Å². The fourth-order valence-electron chi connectivity index (χ4n) is 5.98. The molecule has 1 N–H and O–H groups in total. The van der Waals surface area contributed by atoms with E-state index in [-0.39, 0.29) is 6.42 Å². The maximum atomic E-state index is 12.2. The zero-order chi connectivity index (χ0) is 37.1. The van der Waals surface area contributed by atoms with Crippen molar-refractivity contribution in [2.75, 3.05) is 53.5 Å². The summed E-state index contributed by atoms with van der Waals surface area (Å²) in [6, 6.07) is 6.94. The van der Waals surface area contributed by atoms with Crippen LogP contribution in [0, 0.1) is 0 Å². The first-order chi connectivity index (χ1) is 24.1. The number of carbonyl (C=O) groups excluding carboxylic acids is 1. The first-order valence-corrected chi connectivity index (χ1v) is 20.4. The molecule has 0 saturated carbocycles. The second kappa shape index (κ2) is 34.4. The molecule has 0 spiro atoms. The van der Waals surface area contributed by atoms with Gasteiger partial charge in [-0.05, 0) is 77.0 Å². The number of unbranched alkanes of at least 4 members (excludes halogenated alkanes) is 18. The molecule has 294 valence electrons. The second-order valence-electron chi connectivity index (χ2n) is 14.3. The summed E-state index contributed by atoms with van der Waals surface area (Å²) in [5, 5.41) is 8.73. The number of ether oxygens (including phenoxy) is 1. The number of alkyl halides is 3. The molecule has 0 radical (unpaired) electrons. The second-order valence-corrected chi connectivity index (χ2v) is 14.3. The fraction of sp³-hybridized carbons (Fsp3) is 0.833. The van der Waals surface area contributed by atoms with Crippen molar-refractivity contribution in [1.82, 2.24) is 9.80 Å². The van der Waals surface area contributed by atoms with Crippen LogP contribution in [0.25, 0.3) is 0 Å². The Labute approximate surface area is 306 Å². The maximum Gasteiger partial charge on any atom is 0.449 e. The summed E-state index contributed by atoms with van der Waals surface area (Å²) in [5.41, 5.74) is 0.700. The van der Waals surface area contributed by atoms with Crippen LogP contribution in [0.15, 0.2) is 24.3 Å². The van der Waals surface area contributed by atoms with E-state index in [1.807, 2.05) is 0 Å². The average Bonchev–Trinajstić information content (AvgIpc) is 3.10. The van der Waals surface area contributed by atoms with Gasteiger partial charge in [-0.2, -0.15) is 13.2 Å². The topological polar surface area (TPSA) is 53.0 Å². The molecule has 0 atom stereocenters. The first-order valence-electron chi connectivity index (χ1n) is 20.4. The van der Waals surface area contributed by atoms with Crippen LogP contribution in [0.2, 0.25) is 0 Å². The van der Waals surface area contributed by atoms with Gasteiger partial charge in [0.15, 0.2) is 0 Å². The summed E-state index contributed by atoms with van der Waals surface area (Å²) in [5.74, 6) is -0.979. The number of Topliss-reactive ketones (excluding diaryl/α,β-unsaturated/α-hetero) is 1. The monoisotopic (exact) mass is 715 g/mol. The number of benzene rings is 1. The van der Waals surface area contributed by atoms with Gasteiger partial charge in [0.25, 0.3) is 0 Å². The molecule has 0 unspecified atom stereocenters. The Kier molecular flexibility index (Phi) is 33.3. The summed E-state index contributed by atoms with van der Waals surface area (Å²) in [7, 11) is 4.30. The van der Waals surface area contributed by atoms with E-state index in [1.54, 1.807) is 24.3 Å². The van der Waals surface area contributed by atoms with Gasteiger partial charge in [-0.1, -0.05) is 142 Å². The molecule has 1 aromatic rings. The zero-order valence-electron chi connectivity index (χ0n) is 32.8. The highest BCUT2D eigenvalue weighted by Gasteiger charge is 2.37. The van der Waals surface area contributed by atoms with E-state index >= 15 is 0 Å². The maximum absolute atomic E-state index is 12.2. The van der Waals surface area contributed by atoms with E-state index in [0.717, 1.165) is 32.5 Å². The van der Waals surface area contributed by atoms with Crippen molar-refractivity contribution in [2.24, 2.45) is 0 Å². The van der Waals surface area contributed by atoms with Gasteiger partial charge >= 0.3 is 6.18 Å². The van der Waals surface area contributed by atoms with Gasteiger partial charge in [0.05, 0.1) is 6.61 Å². The van der Waals surface area contributed by atoms with E-state index in [0.29, 0.717) is 24.5 Å². The number of aryl methyl sites for hydroxylation is 1. The van der Waals surface area contributed by atoms with E-state index in [9.17, 15) is 18.0 Å². The molecule has 1 rings (SSSR count). The highest BCUT2D eigenvalue weighted by atomic mass is 19.4. The molecule has 0 heterocycles. The Balaban J connectivity index is 0.00000113. The molecule has 50 heavy (non-hydrogen) atoms. The number of aliphatic hydroxyl groups is 1. The van der Waals surface area contributed by atoms with E-state index in [4.69, 9.17) is 9.84 Å². The lowest BCUT2D eigenvalue weighted by Gasteiger charge is -2.16. The van der Waals surface area contributed by atoms with Crippen LogP contribution in [0.3, 0.4) is 0 Å². The van der Waals surface area contributed by atoms with Crippen LogP contribution in [0.5, 0.6) is 5.75 Å². The average molecular weight is 715 g/mol. The number of ketones is 1. The van der Waals surface area contributed by atoms with Crippen molar-refractivity contribution < 1.29 is 27.8 Å². The quantitative estimate of drug-likeness (QED) is 0.0735. The SMILES string of the molecule is CCCCCCCCCCCCN(C)CCCO.CCCCCCCCCCCCN(C)CCCOc1ccc(CCC(=O)C(F)(F)F)cc1. The minimum Gasteiger partial charge on any atom is -0.494 e. The molecular formula is C42H77F3N2O3. The molecule has 0 fully saturated rings. The molecule has 8 heteroatoms.